The minimum atomic E-state index is -1.43. The highest BCUT2D eigenvalue weighted by molar-refractivity contribution is 4.44. The highest BCUT2D eigenvalue weighted by Crippen LogP contribution is 2.07. The van der Waals surface area contributed by atoms with Crippen molar-refractivity contribution in [1.29, 1.82) is 0 Å². The van der Waals surface area contributed by atoms with Gasteiger partial charge in [0.25, 0.3) is 5.97 Å². The van der Waals surface area contributed by atoms with Crippen LogP contribution in [0.3, 0.4) is 0 Å². The van der Waals surface area contributed by atoms with Gasteiger partial charge in [-0.25, -0.2) is 0 Å². The molecule has 0 aliphatic carbocycles. The molecule has 0 aliphatic heterocycles. The summed E-state index contributed by atoms with van der Waals surface area (Å²) in [5, 5.41) is 9.13. The van der Waals surface area contributed by atoms with Crippen LogP contribution in [0.5, 0.6) is 0 Å². The average molecular weight is 148 g/mol. The maximum atomic E-state index is 9.13. The van der Waals surface area contributed by atoms with Crippen molar-refractivity contribution in [1.82, 2.24) is 0 Å². The minimum absolute atomic E-state index is 0.404. The molecule has 0 spiro atoms. The molecule has 0 heterocycles. The first-order valence-electron chi connectivity index (χ1n) is 3.39. The first kappa shape index (κ1) is 9.88. The van der Waals surface area contributed by atoms with Crippen molar-refractivity contribution in [3.05, 3.63) is 0 Å². The van der Waals surface area contributed by atoms with Crippen molar-refractivity contribution < 1.29 is 14.6 Å². The zero-order chi connectivity index (χ0) is 8.20. The molecule has 62 valence electrons. The lowest BCUT2D eigenvalue weighted by Crippen LogP contribution is -2.31. The van der Waals surface area contributed by atoms with Crippen molar-refractivity contribution in [2.24, 2.45) is 5.92 Å². The summed E-state index contributed by atoms with van der Waals surface area (Å²) in [6.07, 6.45) is 0. The van der Waals surface area contributed by atoms with Gasteiger partial charge in [-0.3, -0.25) is 0 Å². The van der Waals surface area contributed by atoms with E-state index in [1.807, 2.05) is 13.8 Å². The van der Waals surface area contributed by atoms with Gasteiger partial charge in [-0.2, -0.15) is 0 Å². The lowest BCUT2D eigenvalue weighted by Gasteiger charge is -2.22. The van der Waals surface area contributed by atoms with Gasteiger partial charge in [0.2, 0.25) is 0 Å². The zero-order valence-corrected chi connectivity index (χ0v) is 7.05. The fourth-order valence-electron chi connectivity index (χ4n) is 0.380. The SMILES string of the molecule is COC(C)(O)OCC(C)C. The lowest BCUT2D eigenvalue weighted by atomic mass is 10.2. The fraction of sp³-hybridized carbons (Fsp3) is 1.00. The Bertz CT molecular complexity index is 88.9. The van der Waals surface area contributed by atoms with E-state index in [0.29, 0.717) is 12.5 Å². The molecule has 0 aromatic heterocycles. The van der Waals surface area contributed by atoms with E-state index in [4.69, 9.17) is 9.84 Å². The van der Waals surface area contributed by atoms with Crippen LogP contribution < -0.4 is 0 Å². The lowest BCUT2D eigenvalue weighted by molar-refractivity contribution is -0.340. The van der Waals surface area contributed by atoms with E-state index in [9.17, 15) is 0 Å². The number of hydrogen-bond donors (Lipinski definition) is 1. The summed E-state index contributed by atoms with van der Waals surface area (Å²) in [7, 11) is 1.40. The van der Waals surface area contributed by atoms with Gasteiger partial charge in [0.05, 0.1) is 6.61 Å². The molecule has 0 saturated carbocycles. The fourth-order valence-corrected chi connectivity index (χ4v) is 0.380. The van der Waals surface area contributed by atoms with E-state index in [2.05, 4.69) is 4.74 Å². The first-order valence-corrected chi connectivity index (χ1v) is 3.39. The van der Waals surface area contributed by atoms with Gasteiger partial charge in [-0.05, 0) is 5.92 Å². The molecule has 0 aliphatic rings. The van der Waals surface area contributed by atoms with Gasteiger partial charge in [0.1, 0.15) is 0 Å². The third-order valence-corrected chi connectivity index (χ3v) is 1.06. The molecular formula is C7H16O3. The van der Waals surface area contributed by atoms with Crippen LogP contribution in [0.15, 0.2) is 0 Å². The van der Waals surface area contributed by atoms with Crippen LogP contribution in [0, 0.1) is 5.92 Å². The average Bonchev–Trinajstić information content (AvgIpc) is 1.85. The highest BCUT2D eigenvalue weighted by Gasteiger charge is 2.19. The topological polar surface area (TPSA) is 38.7 Å². The van der Waals surface area contributed by atoms with Gasteiger partial charge < -0.3 is 14.6 Å². The molecule has 0 saturated heterocycles. The maximum absolute atomic E-state index is 9.13. The molecule has 0 rings (SSSR count). The molecule has 0 fully saturated rings. The Morgan fingerprint density at radius 2 is 2.00 bits per heavy atom. The number of methoxy groups -OCH3 is 1. The molecule has 1 atom stereocenters. The Morgan fingerprint density at radius 3 is 2.30 bits per heavy atom. The Morgan fingerprint density at radius 1 is 1.50 bits per heavy atom. The standard InChI is InChI=1S/C7H16O3/c1-6(2)5-10-7(3,8)9-4/h6,8H,5H2,1-4H3. The molecule has 10 heavy (non-hydrogen) atoms. The summed E-state index contributed by atoms with van der Waals surface area (Å²) in [4.78, 5) is 0. The quantitative estimate of drug-likeness (QED) is 0.604. The van der Waals surface area contributed by atoms with Crippen LogP contribution in [0.25, 0.3) is 0 Å². The van der Waals surface area contributed by atoms with E-state index in [1.165, 1.54) is 14.0 Å². The van der Waals surface area contributed by atoms with Crippen LogP contribution in [0.2, 0.25) is 0 Å². The molecule has 3 nitrogen and oxygen atoms in total. The van der Waals surface area contributed by atoms with Gasteiger partial charge >= 0.3 is 0 Å². The van der Waals surface area contributed by atoms with E-state index in [0.717, 1.165) is 0 Å². The number of aliphatic hydroxyl groups is 1. The second-order valence-corrected chi connectivity index (χ2v) is 2.81. The van der Waals surface area contributed by atoms with Crippen LogP contribution in [-0.2, 0) is 9.47 Å². The van der Waals surface area contributed by atoms with Crippen molar-refractivity contribution in [3.63, 3.8) is 0 Å². The third kappa shape index (κ3) is 4.73. The molecule has 0 aromatic rings. The Kier molecular flexibility index (Phi) is 3.86. The van der Waals surface area contributed by atoms with Crippen LogP contribution in [0.4, 0.5) is 0 Å². The Labute approximate surface area is 62.0 Å². The second kappa shape index (κ2) is 3.91. The highest BCUT2D eigenvalue weighted by atomic mass is 16.8. The minimum Gasteiger partial charge on any atom is -0.344 e. The second-order valence-electron chi connectivity index (χ2n) is 2.81. The molecule has 1 unspecified atom stereocenters. The van der Waals surface area contributed by atoms with E-state index in [1.54, 1.807) is 0 Å². The molecular weight excluding hydrogens is 132 g/mol. The molecule has 0 radical (unpaired) electrons. The summed E-state index contributed by atoms with van der Waals surface area (Å²) in [6, 6.07) is 0. The maximum Gasteiger partial charge on any atom is 0.277 e. The predicted molar refractivity (Wildman–Crippen MR) is 38.4 cm³/mol. The number of hydrogen-bond acceptors (Lipinski definition) is 3. The van der Waals surface area contributed by atoms with Gasteiger partial charge in [0.15, 0.2) is 0 Å². The largest absolute Gasteiger partial charge is 0.344 e. The van der Waals surface area contributed by atoms with Crippen LogP contribution >= 0.6 is 0 Å². The Hall–Kier alpha value is -0.120. The van der Waals surface area contributed by atoms with E-state index in [-0.39, 0.29) is 0 Å². The van der Waals surface area contributed by atoms with Gasteiger partial charge in [0, 0.05) is 14.0 Å². The Balaban J connectivity index is 3.46. The number of ether oxygens (including phenoxy) is 2. The van der Waals surface area contributed by atoms with Gasteiger partial charge in [-0.15, -0.1) is 0 Å². The van der Waals surface area contributed by atoms with Crippen molar-refractivity contribution >= 4 is 0 Å². The number of rotatable bonds is 4. The summed E-state index contributed by atoms with van der Waals surface area (Å²) < 4.78 is 9.59. The van der Waals surface area contributed by atoms with Crippen molar-refractivity contribution in [2.75, 3.05) is 13.7 Å². The summed E-state index contributed by atoms with van der Waals surface area (Å²) in [5.74, 6) is -1.02. The van der Waals surface area contributed by atoms with Crippen molar-refractivity contribution in [2.45, 2.75) is 26.7 Å². The monoisotopic (exact) mass is 148 g/mol. The normalized spacial score (nSPS) is 17.4. The van der Waals surface area contributed by atoms with Crippen molar-refractivity contribution in [3.8, 4) is 0 Å². The molecule has 3 heteroatoms. The summed E-state index contributed by atoms with van der Waals surface area (Å²) in [6.45, 7) is 5.98. The van der Waals surface area contributed by atoms with Gasteiger partial charge in [-0.1, -0.05) is 13.8 Å². The first-order chi connectivity index (χ1) is 4.48. The predicted octanol–water partition coefficient (Wildman–Crippen LogP) is 0.971. The smallest absolute Gasteiger partial charge is 0.277 e. The van der Waals surface area contributed by atoms with E-state index < -0.39 is 5.97 Å². The van der Waals surface area contributed by atoms with Crippen LogP contribution in [0.1, 0.15) is 20.8 Å². The third-order valence-electron chi connectivity index (χ3n) is 1.06. The molecule has 0 aromatic carbocycles. The van der Waals surface area contributed by atoms with Crippen LogP contribution in [-0.4, -0.2) is 24.8 Å². The summed E-state index contributed by atoms with van der Waals surface area (Å²) >= 11 is 0. The molecule has 0 amide bonds. The molecule has 0 bridgehead atoms. The molecule has 1 N–H and O–H groups in total. The zero-order valence-electron chi connectivity index (χ0n) is 7.05. The van der Waals surface area contributed by atoms with E-state index >= 15 is 0 Å². The summed E-state index contributed by atoms with van der Waals surface area (Å²) in [5.41, 5.74) is 0.